The van der Waals surface area contributed by atoms with E-state index in [9.17, 15) is 4.79 Å². The minimum Gasteiger partial charge on any atom is -0.285 e. The highest BCUT2D eigenvalue weighted by atomic mass is 35.5. The van der Waals surface area contributed by atoms with Crippen LogP contribution in [0.5, 0.6) is 0 Å². The fraction of sp³-hybridized carbons (Fsp3) is 0.333. The number of hydrogen-bond acceptors (Lipinski definition) is 5. The maximum Gasteiger partial charge on any atom is 0.345 e. The SMILES string of the molecule is Cc1sc2nc(Cn3ncn(C)c3=O)nc(Cl)c2c1C. The second kappa shape index (κ2) is 4.68. The number of aromatic nitrogens is 5. The summed E-state index contributed by atoms with van der Waals surface area (Å²) >= 11 is 7.81. The highest BCUT2D eigenvalue weighted by Crippen LogP contribution is 2.32. The number of halogens is 1. The molecule has 3 aromatic heterocycles. The monoisotopic (exact) mass is 309 g/mol. The molecule has 0 atom stereocenters. The highest BCUT2D eigenvalue weighted by Gasteiger charge is 2.14. The molecule has 3 aromatic rings. The van der Waals surface area contributed by atoms with Crippen molar-refractivity contribution in [3.8, 4) is 0 Å². The Labute approximate surface area is 123 Å². The standard InChI is InChI=1S/C12H12ClN5OS/c1-6-7(2)20-11-9(6)10(13)15-8(16-11)4-18-12(19)17(3)5-14-18/h5H,4H2,1-3H3. The van der Waals surface area contributed by atoms with Gasteiger partial charge >= 0.3 is 5.69 Å². The first-order chi connectivity index (χ1) is 9.47. The lowest BCUT2D eigenvalue weighted by Gasteiger charge is -2.01. The lowest BCUT2D eigenvalue weighted by Crippen LogP contribution is -2.24. The summed E-state index contributed by atoms with van der Waals surface area (Å²) in [7, 11) is 1.65. The molecular formula is C12H12ClN5OS. The fourth-order valence-electron chi connectivity index (χ4n) is 1.98. The molecule has 0 radical (unpaired) electrons. The first-order valence-corrected chi connectivity index (χ1v) is 7.17. The van der Waals surface area contributed by atoms with Crippen molar-refractivity contribution in [2.24, 2.45) is 7.05 Å². The Hall–Kier alpha value is -1.73. The van der Waals surface area contributed by atoms with Crippen LogP contribution in [0.25, 0.3) is 10.2 Å². The zero-order valence-corrected chi connectivity index (χ0v) is 12.8. The molecule has 0 N–H and O–H groups in total. The number of rotatable bonds is 2. The summed E-state index contributed by atoms with van der Waals surface area (Å²) in [6.45, 7) is 4.25. The molecule has 0 aliphatic carbocycles. The number of hydrogen-bond donors (Lipinski definition) is 0. The van der Waals surface area contributed by atoms with Gasteiger partial charge in [0.2, 0.25) is 0 Å². The van der Waals surface area contributed by atoms with Gasteiger partial charge in [0.15, 0.2) is 5.82 Å². The topological polar surface area (TPSA) is 65.6 Å². The molecule has 0 fully saturated rings. The van der Waals surface area contributed by atoms with Crippen LogP contribution in [0, 0.1) is 13.8 Å². The average Bonchev–Trinajstić information content (AvgIpc) is 2.84. The smallest absolute Gasteiger partial charge is 0.285 e. The third kappa shape index (κ3) is 2.03. The van der Waals surface area contributed by atoms with E-state index >= 15 is 0 Å². The fourth-order valence-corrected chi connectivity index (χ4v) is 3.41. The molecule has 0 unspecified atom stereocenters. The van der Waals surface area contributed by atoms with Gasteiger partial charge in [-0.15, -0.1) is 11.3 Å². The summed E-state index contributed by atoms with van der Waals surface area (Å²) in [4.78, 5) is 22.5. The average molecular weight is 310 g/mol. The Morgan fingerprint density at radius 3 is 2.75 bits per heavy atom. The van der Waals surface area contributed by atoms with E-state index in [2.05, 4.69) is 15.1 Å². The predicted molar refractivity (Wildman–Crippen MR) is 78.5 cm³/mol. The highest BCUT2D eigenvalue weighted by molar-refractivity contribution is 7.18. The van der Waals surface area contributed by atoms with Crippen molar-refractivity contribution in [2.75, 3.05) is 0 Å². The normalized spacial score (nSPS) is 11.4. The Bertz CT molecular complexity index is 863. The van der Waals surface area contributed by atoms with E-state index in [-0.39, 0.29) is 12.2 Å². The van der Waals surface area contributed by atoms with E-state index in [1.54, 1.807) is 18.4 Å². The largest absolute Gasteiger partial charge is 0.345 e. The number of aryl methyl sites for hydroxylation is 3. The second-order valence-corrected chi connectivity index (χ2v) is 6.14. The third-order valence-corrected chi connectivity index (χ3v) is 4.58. The Morgan fingerprint density at radius 2 is 2.10 bits per heavy atom. The molecule has 104 valence electrons. The lowest BCUT2D eigenvalue weighted by atomic mass is 10.2. The summed E-state index contributed by atoms with van der Waals surface area (Å²) in [5.41, 5.74) is 0.903. The van der Waals surface area contributed by atoms with Crippen molar-refractivity contribution >= 4 is 33.2 Å². The van der Waals surface area contributed by atoms with Gasteiger partial charge in [0, 0.05) is 11.9 Å². The minimum absolute atomic E-state index is 0.205. The van der Waals surface area contributed by atoms with E-state index in [0.29, 0.717) is 11.0 Å². The van der Waals surface area contributed by atoms with Crippen LogP contribution in [-0.4, -0.2) is 24.3 Å². The molecule has 0 aliphatic heterocycles. The minimum atomic E-state index is -0.205. The maximum atomic E-state index is 11.8. The van der Waals surface area contributed by atoms with Crippen molar-refractivity contribution < 1.29 is 0 Å². The van der Waals surface area contributed by atoms with Crippen LogP contribution in [0.1, 0.15) is 16.3 Å². The van der Waals surface area contributed by atoms with Gasteiger partial charge in [-0.05, 0) is 19.4 Å². The first-order valence-electron chi connectivity index (χ1n) is 5.98. The summed E-state index contributed by atoms with van der Waals surface area (Å²) in [6.07, 6.45) is 1.46. The van der Waals surface area contributed by atoms with Crippen LogP contribution in [-0.2, 0) is 13.6 Å². The van der Waals surface area contributed by atoms with E-state index in [4.69, 9.17) is 11.6 Å². The molecule has 3 heterocycles. The van der Waals surface area contributed by atoms with E-state index in [1.165, 1.54) is 20.5 Å². The molecule has 0 saturated carbocycles. The molecule has 0 bridgehead atoms. The van der Waals surface area contributed by atoms with Crippen molar-refractivity contribution in [2.45, 2.75) is 20.4 Å². The van der Waals surface area contributed by atoms with Gasteiger partial charge in [-0.3, -0.25) is 4.57 Å². The van der Waals surface area contributed by atoms with Crippen LogP contribution in [0.3, 0.4) is 0 Å². The van der Waals surface area contributed by atoms with Crippen LogP contribution in [0.2, 0.25) is 5.15 Å². The molecule has 0 aliphatic rings. The van der Waals surface area contributed by atoms with E-state index < -0.39 is 0 Å². The van der Waals surface area contributed by atoms with E-state index in [1.807, 2.05) is 13.8 Å². The van der Waals surface area contributed by atoms with Crippen LogP contribution in [0.15, 0.2) is 11.1 Å². The van der Waals surface area contributed by atoms with Crippen molar-refractivity contribution in [1.82, 2.24) is 24.3 Å². The van der Waals surface area contributed by atoms with Gasteiger partial charge in [-0.25, -0.2) is 19.4 Å². The quantitative estimate of drug-likeness (QED) is 0.678. The van der Waals surface area contributed by atoms with Gasteiger partial charge in [-0.2, -0.15) is 5.10 Å². The van der Waals surface area contributed by atoms with Crippen LogP contribution < -0.4 is 5.69 Å². The zero-order valence-electron chi connectivity index (χ0n) is 11.2. The molecule has 20 heavy (non-hydrogen) atoms. The first kappa shape index (κ1) is 13.3. The van der Waals surface area contributed by atoms with Crippen LogP contribution >= 0.6 is 22.9 Å². The molecule has 0 spiro atoms. The molecule has 6 nitrogen and oxygen atoms in total. The Kier molecular flexibility index (Phi) is 3.10. The zero-order chi connectivity index (χ0) is 14.4. The number of fused-ring (bicyclic) bond motifs is 1. The van der Waals surface area contributed by atoms with Gasteiger partial charge in [0.1, 0.15) is 22.9 Å². The van der Waals surface area contributed by atoms with Gasteiger partial charge in [-0.1, -0.05) is 11.6 Å². The summed E-state index contributed by atoms with van der Waals surface area (Å²) in [6, 6.07) is 0. The van der Waals surface area contributed by atoms with Crippen molar-refractivity contribution in [1.29, 1.82) is 0 Å². The molecule has 3 rings (SSSR count). The lowest BCUT2D eigenvalue weighted by molar-refractivity contribution is 0.624. The van der Waals surface area contributed by atoms with Crippen molar-refractivity contribution in [3.05, 3.63) is 38.2 Å². The number of nitrogens with zero attached hydrogens (tertiary/aromatic N) is 5. The van der Waals surface area contributed by atoms with Gasteiger partial charge < -0.3 is 0 Å². The summed E-state index contributed by atoms with van der Waals surface area (Å²) in [5.74, 6) is 0.490. The second-order valence-electron chi connectivity index (χ2n) is 4.58. The summed E-state index contributed by atoms with van der Waals surface area (Å²) in [5, 5.41) is 5.31. The van der Waals surface area contributed by atoms with Crippen molar-refractivity contribution in [3.63, 3.8) is 0 Å². The van der Waals surface area contributed by atoms with E-state index in [0.717, 1.165) is 15.8 Å². The predicted octanol–water partition coefficient (Wildman–Crippen LogP) is 1.91. The van der Waals surface area contributed by atoms with Gasteiger partial charge in [0.05, 0.1) is 5.39 Å². The molecule has 0 saturated heterocycles. The maximum absolute atomic E-state index is 11.8. The van der Waals surface area contributed by atoms with Crippen LogP contribution in [0.4, 0.5) is 0 Å². The Morgan fingerprint density at radius 1 is 1.35 bits per heavy atom. The molecule has 8 heteroatoms. The van der Waals surface area contributed by atoms with Gasteiger partial charge in [0.25, 0.3) is 0 Å². The Balaban J connectivity index is 2.09. The number of thiophene rings is 1. The molecular weight excluding hydrogens is 298 g/mol. The molecule has 0 aromatic carbocycles. The molecule has 0 amide bonds. The summed E-state index contributed by atoms with van der Waals surface area (Å²) < 4.78 is 2.71. The third-order valence-electron chi connectivity index (χ3n) is 3.21.